The number of rotatable bonds is 3. The zero-order chi connectivity index (χ0) is 12.8. The highest BCUT2D eigenvalue weighted by atomic mass is 16.1. The second-order valence-corrected chi connectivity index (χ2v) is 4.94. The summed E-state index contributed by atoms with van der Waals surface area (Å²) in [5.41, 5.74) is 3.93. The molecule has 1 rings (SSSR count). The number of carbonyl (C=O) groups is 1. The van der Waals surface area contributed by atoms with Crippen molar-refractivity contribution in [1.82, 2.24) is 5.32 Å². The maximum atomic E-state index is 11.5. The fraction of sp³-hybridized carbons (Fsp3) is 0.667. The maximum Gasteiger partial charge on any atom is 0.246 e. The second kappa shape index (κ2) is 6.63. The number of allylic oxidation sites excluding steroid dienone is 3. The van der Waals surface area contributed by atoms with Gasteiger partial charge in [0.15, 0.2) is 0 Å². The zero-order valence-electron chi connectivity index (χ0n) is 11.6. The lowest BCUT2D eigenvalue weighted by Gasteiger charge is -2.25. The van der Waals surface area contributed by atoms with E-state index in [0.717, 1.165) is 12.0 Å². The van der Waals surface area contributed by atoms with Crippen molar-refractivity contribution < 1.29 is 4.79 Å². The van der Waals surface area contributed by atoms with Crippen molar-refractivity contribution in [2.45, 2.75) is 52.9 Å². The molecule has 1 aliphatic rings. The van der Waals surface area contributed by atoms with E-state index in [4.69, 9.17) is 0 Å². The van der Waals surface area contributed by atoms with Crippen LogP contribution in [0.2, 0.25) is 0 Å². The Morgan fingerprint density at radius 3 is 2.71 bits per heavy atom. The van der Waals surface area contributed by atoms with Crippen LogP contribution in [0.3, 0.4) is 0 Å². The van der Waals surface area contributed by atoms with Crippen LogP contribution in [0.25, 0.3) is 0 Å². The van der Waals surface area contributed by atoms with Gasteiger partial charge in [0.2, 0.25) is 5.91 Å². The smallest absolute Gasteiger partial charge is 0.246 e. The van der Waals surface area contributed by atoms with Gasteiger partial charge in [0.05, 0.1) is 0 Å². The summed E-state index contributed by atoms with van der Waals surface area (Å²) >= 11 is 0. The maximum absolute atomic E-state index is 11.5. The zero-order valence-corrected chi connectivity index (χ0v) is 11.6. The minimum atomic E-state index is 0.0454. The van der Waals surface area contributed by atoms with E-state index in [1.54, 1.807) is 12.6 Å². The molecule has 17 heavy (non-hydrogen) atoms. The molecule has 0 saturated heterocycles. The molecule has 0 heterocycles. The van der Waals surface area contributed by atoms with Crippen molar-refractivity contribution in [3.05, 3.63) is 22.8 Å². The van der Waals surface area contributed by atoms with Gasteiger partial charge in [0, 0.05) is 12.6 Å². The summed E-state index contributed by atoms with van der Waals surface area (Å²) in [6.45, 7) is 6.35. The van der Waals surface area contributed by atoms with Gasteiger partial charge in [0.25, 0.3) is 0 Å². The lowest BCUT2D eigenvalue weighted by molar-refractivity contribution is -0.117. The second-order valence-electron chi connectivity index (χ2n) is 4.94. The highest BCUT2D eigenvalue weighted by Gasteiger charge is 2.19. The molecule has 0 aromatic rings. The van der Waals surface area contributed by atoms with Crippen LogP contribution in [0.1, 0.15) is 52.9 Å². The molecule has 2 nitrogen and oxygen atoms in total. The van der Waals surface area contributed by atoms with Gasteiger partial charge in [-0.05, 0) is 45.4 Å². The lowest BCUT2D eigenvalue weighted by atomic mass is 9.80. The van der Waals surface area contributed by atoms with E-state index >= 15 is 0 Å². The third kappa shape index (κ3) is 3.72. The Morgan fingerprint density at radius 1 is 1.41 bits per heavy atom. The molecule has 2 heteroatoms. The first-order chi connectivity index (χ1) is 8.10. The molecule has 0 spiro atoms. The minimum absolute atomic E-state index is 0.0454. The van der Waals surface area contributed by atoms with E-state index < -0.39 is 0 Å². The molecule has 1 atom stereocenters. The number of nitrogens with one attached hydrogen (secondary N) is 1. The molecule has 1 amide bonds. The SMILES string of the molecule is CC/C(C)=C1\CCCCC1/C=C(\C)C(=O)NC. The number of amides is 1. The third-order valence-corrected chi connectivity index (χ3v) is 3.77. The summed E-state index contributed by atoms with van der Waals surface area (Å²) in [4.78, 5) is 11.5. The number of hydrogen-bond donors (Lipinski definition) is 1. The molecule has 0 radical (unpaired) electrons. The van der Waals surface area contributed by atoms with Gasteiger partial charge in [-0.1, -0.05) is 30.6 Å². The van der Waals surface area contributed by atoms with Gasteiger partial charge in [-0.25, -0.2) is 0 Å². The van der Waals surface area contributed by atoms with Crippen LogP contribution in [0.15, 0.2) is 22.8 Å². The Bertz CT molecular complexity index is 339. The van der Waals surface area contributed by atoms with E-state index in [1.165, 1.54) is 31.3 Å². The fourth-order valence-electron chi connectivity index (χ4n) is 2.55. The van der Waals surface area contributed by atoms with E-state index in [-0.39, 0.29) is 5.91 Å². The van der Waals surface area contributed by atoms with E-state index in [9.17, 15) is 4.79 Å². The standard InChI is InChI=1S/C15H25NO/c1-5-11(2)14-9-7-6-8-13(14)10-12(3)15(17)16-4/h10,13H,5-9H2,1-4H3,(H,16,17)/b12-10+,14-11+. The average molecular weight is 235 g/mol. The predicted molar refractivity (Wildman–Crippen MR) is 72.8 cm³/mol. The lowest BCUT2D eigenvalue weighted by Crippen LogP contribution is -2.20. The Kier molecular flexibility index (Phi) is 5.46. The van der Waals surface area contributed by atoms with Gasteiger partial charge in [-0.3, -0.25) is 4.79 Å². The highest BCUT2D eigenvalue weighted by molar-refractivity contribution is 5.92. The summed E-state index contributed by atoms with van der Waals surface area (Å²) in [5, 5.41) is 2.69. The Labute approximate surface area is 105 Å². The van der Waals surface area contributed by atoms with Crippen LogP contribution < -0.4 is 5.32 Å². The van der Waals surface area contributed by atoms with Crippen LogP contribution in [0, 0.1) is 5.92 Å². The van der Waals surface area contributed by atoms with Crippen molar-refractivity contribution in [3.63, 3.8) is 0 Å². The summed E-state index contributed by atoms with van der Waals surface area (Å²) in [5.74, 6) is 0.532. The predicted octanol–water partition coefficient (Wildman–Crippen LogP) is 3.60. The molecule has 1 unspecified atom stereocenters. The minimum Gasteiger partial charge on any atom is -0.355 e. The summed E-state index contributed by atoms with van der Waals surface area (Å²) in [6.07, 6.45) is 8.27. The monoisotopic (exact) mass is 235 g/mol. The quantitative estimate of drug-likeness (QED) is 0.588. The molecule has 1 aliphatic carbocycles. The van der Waals surface area contributed by atoms with Crippen molar-refractivity contribution in [3.8, 4) is 0 Å². The van der Waals surface area contributed by atoms with Gasteiger partial charge >= 0.3 is 0 Å². The molecule has 0 aromatic carbocycles. The van der Waals surface area contributed by atoms with Crippen molar-refractivity contribution in [1.29, 1.82) is 0 Å². The molecule has 0 aromatic heterocycles. The van der Waals surface area contributed by atoms with Crippen LogP contribution in [-0.2, 0) is 4.79 Å². The van der Waals surface area contributed by atoms with Gasteiger partial charge in [-0.2, -0.15) is 0 Å². The molecule has 1 fully saturated rings. The largest absolute Gasteiger partial charge is 0.355 e. The number of likely N-dealkylation sites (N-methyl/N-ethyl adjacent to an activating group) is 1. The van der Waals surface area contributed by atoms with Crippen LogP contribution in [0.5, 0.6) is 0 Å². The molecule has 1 N–H and O–H groups in total. The summed E-state index contributed by atoms with van der Waals surface area (Å²) < 4.78 is 0. The van der Waals surface area contributed by atoms with Gasteiger partial charge in [-0.15, -0.1) is 0 Å². The first kappa shape index (κ1) is 14.0. The summed E-state index contributed by atoms with van der Waals surface area (Å²) in [7, 11) is 1.69. The van der Waals surface area contributed by atoms with Gasteiger partial charge < -0.3 is 5.32 Å². The fourth-order valence-corrected chi connectivity index (χ4v) is 2.55. The number of hydrogen-bond acceptors (Lipinski definition) is 1. The molecule has 96 valence electrons. The van der Waals surface area contributed by atoms with Crippen LogP contribution in [0.4, 0.5) is 0 Å². The highest BCUT2D eigenvalue weighted by Crippen LogP contribution is 2.34. The number of carbonyl (C=O) groups excluding carboxylic acids is 1. The topological polar surface area (TPSA) is 29.1 Å². The molecular weight excluding hydrogens is 210 g/mol. The van der Waals surface area contributed by atoms with Crippen LogP contribution >= 0.6 is 0 Å². The van der Waals surface area contributed by atoms with E-state index in [2.05, 4.69) is 25.2 Å². The van der Waals surface area contributed by atoms with Crippen molar-refractivity contribution >= 4 is 5.91 Å². The Hall–Kier alpha value is -1.05. The normalized spacial score (nSPS) is 24.5. The Morgan fingerprint density at radius 2 is 2.12 bits per heavy atom. The van der Waals surface area contributed by atoms with E-state index in [0.29, 0.717) is 5.92 Å². The molecule has 0 aliphatic heterocycles. The first-order valence-corrected chi connectivity index (χ1v) is 6.69. The van der Waals surface area contributed by atoms with E-state index in [1.807, 2.05) is 6.92 Å². The first-order valence-electron chi connectivity index (χ1n) is 6.69. The summed E-state index contributed by atoms with van der Waals surface area (Å²) in [6, 6.07) is 0. The van der Waals surface area contributed by atoms with Crippen LogP contribution in [-0.4, -0.2) is 13.0 Å². The molecular formula is C15H25NO. The third-order valence-electron chi connectivity index (χ3n) is 3.77. The van der Waals surface area contributed by atoms with Gasteiger partial charge in [0.1, 0.15) is 0 Å². The Balaban J connectivity index is 2.90. The van der Waals surface area contributed by atoms with Crippen molar-refractivity contribution in [2.75, 3.05) is 7.05 Å². The average Bonchev–Trinajstić information content (AvgIpc) is 2.37. The molecule has 1 saturated carbocycles. The molecule has 0 bridgehead atoms. The van der Waals surface area contributed by atoms with Crippen molar-refractivity contribution in [2.24, 2.45) is 5.92 Å².